The third-order valence-electron chi connectivity index (χ3n) is 4.60. The molecule has 0 aliphatic carbocycles. The number of aromatic nitrogens is 5. The smallest absolute Gasteiger partial charge is 0.262 e. The van der Waals surface area contributed by atoms with Gasteiger partial charge in [-0.3, -0.25) is 14.0 Å². The number of aromatic amines is 1. The Hall–Kier alpha value is -3.07. The van der Waals surface area contributed by atoms with Gasteiger partial charge in [0, 0.05) is 6.20 Å². The SMILES string of the molecule is Cc1c(C(=O)N[C@H](CC(C)C)c2nnc3ccccn23)sc2nc[nH]c(=O)c12. The normalized spacial score (nSPS) is 12.7. The molecule has 1 atom stereocenters. The zero-order valence-electron chi connectivity index (χ0n) is 15.8. The summed E-state index contributed by atoms with van der Waals surface area (Å²) in [5, 5.41) is 12.1. The van der Waals surface area contributed by atoms with Crippen LogP contribution in [0.2, 0.25) is 0 Å². The van der Waals surface area contributed by atoms with Crippen LogP contribution < -0.4 is 10.9 Å². The van der Waals surface area contributed by atoms with Gasteiger partial charge >= 0.3 is 0 Å². The predicted octanol–water partition coefficient (Wildman–Crippen LogP) is 2.85. The monoisotopic (exact) mass is 396 g/mol. The molecule has 9 heteroatoms. The average Bonchev–Trinajstić information content (AvgIpc) is 3.23. The lowest BCUT2D eigenvalue weighted by Gasteiger charge is -2.19. The molecule has 0 unspecified atom stereocenters. The third kappa shape index (κ3) is 3.18. The van der Waals surface area contributed by atoms with Crippen molar-refractivity contribution >= 4 is 33.1 Å². The summed E-state index contributed by atoms with van der Waals surface area (Å²) in [6.07, 6.45) is 3.95. The summed E-state index contributed by atoms with van der Waals surface area (Å²) in [4.78, 5) is 33.0. The van der Waals surface area contributed by atoms with Crippen LogP contribution in [-0.4, -0.2) is 30.5 Å². The second kappa shape index (κ2) is 7.16. The Labute approximate surface area is 164 Å². The van der Waals surface area contributed by atoms with E-state index in [2.05, 4.69) is 39.3 Å². The van der Waals surface area contributed by atoms with Crippen LogP contribution in [0.25, 0.3) is 15.9 Å². The molecule has 0 aromatic carbocycles. The topological polar surface area (TPSA) is 105 Å². The van der Waals surface area contributed by atoms with E-state index in [1.165, 1.54) is 17.7 Å². The molecule has 2 N–H and O–H groups in total. The van der Waals surface area contributed by atoms with E-state index in [0.29, 0.717) is 38.8 Å². The summed E-state index contributed by atoms with van der Waals surface area (Å²) < 4.78 is 1.89. The van der Waals surface area contributed by atoms with Gasteiger partial charge in [-0.15, -0.1) is 21.5 Å². The van der Waals surface area contributed by atoms with Crippen LogP contribution in [0.3, 0.4) is 0 Å². The molecule has 0 aliphatic heterocycles. The highest BCUT2D eigenvalue weighted by molar-refractivity contribution is 7.20. The van der Waals surface area contributed by atoms with Crippen molar-refractivity contribution in [2.45, 2.75) is 33.2 Å². The maximum atomic E-state index is 13.1. The molecule has 1 amide bonds. The van der Waals surface area contributed by atoms with Crippen LogP contribution in [0, 0.1) is 12.8 Å². The minimum Gasteiger partial charge on any atom is -0.341 e. The summed E-state index contributed by atoms with van der Waals surface area (Å²) >= 11 is 1.22. The van der Waals surface area contributed by atoms with E-state index >= 15 is 0 Å². The molecule has 4 aromatic heterocycles. The Balaban J connectivity index is 1.71. The largest absolute Gasteiger partial charge is 0.341 e. The average molecular weight is 396 g/mol. The Bertz CT molecular complexity index is 1220. The highest BCUT2D eigenvalue weighted by Gasteiger charge is 2.25. The summed E-state index contributed by atoms with van der Waals surface area (Å²) in [5.74, 6) is 0.792. The van der Waals surface area contributed by atoms with Crippen LogP contribution in [0.4, 0.5) is 0 Å². The first kappa shape index (κ1) is 18.3. The van der Waals surface area contributed by atoms with Crippen molar-refractivity contribution in [3.8, 4) is 0 Å². The minimum absolute atomic E-state index is 0.236. The van der Waals surface area contributed by atoms with Gasteiger partial charge < -0.3 is 10.3 Å². The van der Waals surface area contributed by atoms with Crippen molar-refractivity contribution in [1.29, 1.82) is 0 Å². The molecular weight excluding hydrogens is 376 g/mol. The van der Waals surface area contributed by atoms with Crippen LogP contribution >= 0.6 is 11.3 Å². The number of H-pyrrole nitrogens is 1. The molecule has 0 fully saturated rings. The Morgan fingerprint density at radius 3 is 2.89 bits per heavy atom. The van der Waals surface area contributed by atoms with Gasteiger partial charge in [-0.2, -0.15) is 0 Å². The standard InChI is InChI=1S/C19H20N6O2S/c1-10(2)8-12(16-24-23-13-6-4-5-7-25(13)16)22-18(27)15-11(3)14-17(26)20-9-21-19(14)28-15/h4-7,9-10,12H,8H2,1-3H3,(H,22,27)(H,20,21,26)/t12-/m1/s1. The van der Waals surface area contributed by atoms with E-state index < -0.39 is 0 Å². The Morgan fingerprint density at radius 1 is 1.32 bits per heavy atom. The first-order valence-electron chi connectivity index (χ1n) is 9.03. The first-order chi connectivity index (χ1) is 13.5. The van der Waals surface area contributed by atoms with Crippen LogP contribution in [0.5, 0.6) is 0 Å². The van der Waals surface area contributed by atoms with E-state index in [0.717, 1.165) is 5.65 Å². The van der Waals surface area contributed by atoms with E-state index in [4.69, 9.17) is 0 Å². The van der Waals surface area contributed by atoms with E-state index in [9.17, 15) is 9.59 Å². The molecule has 4 aromatic rings. The molecule has 144 valence electrons. The molecule has 4 heterocycles. The molecule has 0 radical (unpaired) electrons. The number of hydrogen-bond acceptors (Lipinski definition) is 6. The van der Waals surface area contributed by atoms with Crippen molar-refractivity contribution in [3.05, 3.63) is 57.3 Å². The number of nitrogens with one attached hydrogen (secondary N) is 2. The number of rotatable bonds is 5. The van der Waals surface area contributed by atoms with Gasteiger partial charge in [0.15, 0.2) is 11.5 Å². The van der Waals surface area contributed by atoms with Crippen LogP contribution in [0.15, 0.2) is 35.5 Å². The lowest BCUT2D eigenvalue weighted by molar-refractivity contribution is 0.0933. The molecule has 0 saturated carbocycles. The van der Waals surface area contributed by atoms with Crippen LogP contribution in [0.1, 0.15) is 47.4 Å². The van der Waals surface area contributed by atoms with Gasteiger partial charge in [-0.25, -0.2) is 4.98 Å². The van der Waals surface area contributed by atoms with E-state index in [1.54, 1.807) is 6.92 Å². The number of fused-ring (bicyclic) bond motifs is 2. The fourth-order valence-corrected chi connectivity index (χ4v) is 4.37. The maximum absolute atomic E-state index is 13.1. The highest BCUT2D eigenvalue weighted by atomic mass is 32.1. The lowest BCUT2D eigenvalue weighted by atomic mass is 10.0. The zero-order chi connectivity index (χ0) is 19.8. The van der Waals surface area contributed by atoms with Crippen LogP contribution in [-0.2, 0) is 0 Å². The van der Waals surface area contributed by atoms with Gasteiger partial charge in [-0.1, -0.05) is 19.9 Å². The molecule has 0 spiro atoms. The van der Waals surface area contributed by atoms with Gasteiger partial charge in [0.05, 0.1) is 22.6 Å². The number of amides is 1. The number of carbonyl (C=O) groups excluding carboxylic acids is 1. The second-order valence-electron chi connectivity index (χ2n) is 7.11. The van der Waals surface area contributed by atoms with Gasteiger partial charge in [0.25, 0.3) is 11.5 Å². The number of nitrogens with zero attached hydrogens (tertiary/aromatic N) is 4. The fourth-order valence-electron chi connectivity index (χ4n) is 3.32. The zero-order valence-corrected chi connectivity index (χ0v) is 16.6. The molecule has 8 nitrogen and oxygen atoms in total. The predicted molar refractivity (Wildman–Crippen MR) is 108 cm³/mol. The molecule has 28 heavy (non-hydrogen) atoms. The summed E-state index contributed by atoms with van der Waals surface area (Å²) in [6, 6.07) is 5.37. The van der Waals surface area contributed by atoms with Crippen molar-refractivity contribution in [1.82, 2.24) is 29.9 Å². The minimum atomic E-state index is -0.305. The summed E-state index contributed by atoms with van der Waals surface area (Å²) in [7, 11) is 0. The quantitative estimate of drug-likeness (QED) is 0.540. The fraction of sp³-hybridized carbons (Fsp3) is 0.316. The highest BCUT2D eigenvalue weighted by Crippen LogP contribution is 2.28. The maximum Gasteiger partial charge on any atom is 0.262 e. The number of thiophene rings is 1. The van der Waals surface area contributed by atoms with Crippen molar-refractivity contribution in [2.75, 3.05) is 0 Å². The van der Waals surface area contributed by atoms with E-state index in [-0.39, 0.29) is 17.5 Å². The van der Waals surface area contributed by atoms with Gasteiger partial charge in [0.2, 0.25) is 0 Å². The number of carbonyl (C=O) groups is 1. The molecular formula is C19H20N6O2S. The molecule has 4 rings (SSSR count). The lowest BCUT2D eigenvalue weighted by Crippen LogP contribution is -2.30. The number of pyridine rings is 1. The van der Waals surface area contributed by atoms with Crippen molar-refractivity contribution in [3.63, 3.8) is 0 Å². The molecule has 0 bridgehead atoms. The first-order valence-corrected chi connectivity index (χ1v) is 9.84. The molecule has 0 aliphatic rings. The number of hydrogen-bond donors (Lipinski definition) is 2. The van der Waals surface area contributed by atoms with E-state index in [1.807, 2.05) is 28.8 Å². The summed E-state index contributed by atoms with van der Waals surface area (Å²) in [5.41, 5.74) is 1.13. The second-order valence-corrected chi connectivity index (χ2v) is 8.11. The third-order valence-corrected chi connectivity index (χ3v) is 5.80. The number of aryl methyl sites for hydroxylation is 1. The molecule has 0 saturated heterocycles. The van der Waals surface area contributed by atoms with Gasteiger partial charge in [-0.05, 0) is 37.0 Å². The van der Waals surface area contributed by atoms with Crippen molar-refractivity contribution < 1.29 is 4.79 Å². The summed E-state index contributed by atoms with van der Waals surface area (Å²) in [6.45, 7) is 5.96. The Morgan fingerprint density at radius 2 is 2.14 bits per heavy atom. The van der Waals surface area contributed by atoms with Crippen molar-refractivity contribution in [2.24, 2.45) is 5.92 Å². The van der Waals surface area contributed by atoms with Gasteiger partial charge in [0.1, 0.15) is 4.83 Å². The Kier molecular flexibility index (Phi) is 4.68.